The van der Waals surface area contributed by atoms with Crippen molar-refractivity contribution >= 4 is 40.7 Å². The normalized spacial score (nSPS) is 10.2. The molecule has 0 unspecified atom stereocenters. The molecule has 0 fully saturated rings. The quantitative estimate of drug-likeness (QED) is 0.737. The predicted molar refractivity (Wildman–Crippen MR) is 86.4 cm³/mol. The summed E-state index contributed by atoms with van der Waals surface area (Å²) >= 11 is 11.6. The Bertz CT molecular complexity index is 726. The molecule has 2 amide bonds. The number of aromatic amines is 1. The largest absolute Gasteiger partial charge is 0.493 e. The number of rotatable bonds is 6. The number of aromatic nitrogens is 1. The van der Waals surface area contributed by atoms with Gasteiger partial charge in [-0.1, -0.05) is 23.2 Å². The van der Waals surface area contributed by atoms with Crippen LogP contribution in [0.3, 0.4) is 0 Å². The van der Waals surface area contributed by atoms with Gasteiger partial charge in [0.25, 0.3) is 11.8 Å². The summed E-state index contributed by atoms with van der Waals surface area (Å²) in [6.07, 6.45) is 0. The van der Waals surface area contributed by atoms with Crippen LogP contribution in [0.2, 0.25) is 10.2 Å². The molecule has 122 valence electrons. The zero-order valence-corrected chi connectivity index (χ0v) is 13.5. The van der Waals surface area contributed by atoms with Gasteiger partial charge in [0.1, 0.15) is 10.8 Å². The first-order valence-electron chi connectivity index (χ1n) is 6.35. The van der Waals surface area contributed by atoms with Crippen LogP contribution in [-0.2, 0) is 4.79 Å². The number of carbonyl (C=O) groups is 2. The molecule has 1 aromatic carbocycles. The zero-order chi connectivity index (χ0) is 17.0. The minimum atomic E-state index is -0.628. The number of benzene rings is 1. The number of anilines is 1. The van der Waals surface area contributed by atoms with Gasteiger partial charge in [0.2, 0.25) is 0 Å². The maximum atomic E-state index is 12.1. The highest BCUT2D eigenvalue weighted by Crippen LogP contribution is 2.30. The fourth-order valence-corrected chi connectivity index (χ4v) is 2.05. The summed E-state index contributed by atoms with van der Waals surface area (Å²) in [4.78, 5) is 25.6. The van der Waals surface area contributed by atoms with Crippen molar-refractivity contribution in [1.82, 2.24) is 4.98 Å². The van der Waals surface area contributed by atoms with Crippen molar-refractivity contribution in [2.24, 2.45) is 5.73 Å². The molecule has 7 nitrogen and oxygen atoms in total. The van der Waals surface area contributed by atoms with E-state index in [0.717, 1.165) is 0 Å². The number of methoxy groups -OCH3 is 1. The van der Waals surface area contributed by atoms with E-state index in [4.69, 9.17) is 38.4 Å². The van der Waals surface area contributed by atoms with Crippen LogP contribution >= 0.6 is 23.2 Å². The zero-order valence-electron chi connectivity index (χ0n) is 12.0. The van der Waals surface area contributed by atoms with Crippen molar-refractivity contribution in [2.45, 2.75) is 0 Å². The van der Waals surface area contributed by atoms with Gasteiger partial charge in [0.15, 0.2) is 18.1 Å². The SMILES string of the molecule is COc1ccc(NC(=O)c2cc(Cl)c(Cl)[nH]2)cc1OCC(N)=O. The van der Waals surface area contributed by atoms with E-state index in [2.05, 4.69) is 10.3 Å². The Kier molecular flexibility index (Phi) is 5.36. The Morgan fingerprint density at radius 3 is 2.57 bits per heavy atom. The first kappa shape index (κ1) is 17.0. The maximum absolute atomic E-state index is 12.1. The van der Waals surface area contributed by atoms with Crippen LogP contribution in [0, 0.1) is 0 Å². The van der Waals surface area contributed by atoms with E-state index in [1.54, 1.807) is 12.1 Å². The van der Waals surface area contributed by atoms with E-state index in [1.165, 1.54) is 19.2 Å². The van der Waals surface area contributed by atoms with Crippen molar-refractivity contribution in [3.63, 3.8) is 0 Å². The molecule has 23 heavy (non-hydrogen) atoms. The van der Waals surface area contributed by atoms with E-state index < -0.39 is 11.8 Å². The molecule has 0 atom stereocenters. The fraction of sp³-hybridized carbons (Fsp3) is 0.143. The van der Waals surface area contributed by atoms with Gasteiger partial charge in [-0.05, 0) is 18.2 Å². The van der Waals surface area contributed by atoms with Crippen LogP contribution in [0.25, 0.3) is 0 Å². The number of amides is 2. The number of nitrogens with two attached hydrogens (primary N) is 1. The third-order valence-corrected chi connectivity index (χ3v) is 3.45. The standard InChI is InChI=1S/C14H13Cl2N3O4/c1-22-10-3-2-7(4-11(10)23-6-12(17)20)18-14(21)9-5-8(15)13(16)19-9/h2-5,19H,6H2,1H3,(H2,17,20)(H,18,21). The highest BCUT2D eigenvalue weighted by Gasteiger charge is 2.13. The molecular weight excluding hydrogens is 345 g/mol. The van der Waals surface area contributed by atoms with Gasteiger partial charge >= 0.3 is 0 Å². The average Bonchev–Trinajstić information content (AvgIpc) is 2.85. The van der Waals surface area contributed by atoms with Crippen molar-refractivity contribution in [3.05, 3.63) is 40.1 Å². The van der Waals surface area contributed by atoms with E-state index in [-0.39, 0.29) is 28.2 Å². The molecule has 2 aromatic rings. The molecule has 0 aliphatic rings. The Labute approximate surface area is 141 Å². The highest BCUT2D eigenvalue weighted by atomic mass is 35.5. The van der Waals surface area contributed by atoms with Gasteiger partial charge in [-0.3, -0.25) is 9.59 Å². The lowest BCUT2D eigenvalue weighted by Crippen LogP contribution is -2.20. The lowest BCUT2D eigenvalue weighted by atomic mass is 10.2. The molecule has 4 N–H and O–H groups in total. The number of nitrogens with one attached hydrogen (secondary N) is 2. The number of hydrogen-bond donors (Lipinski definition) is 3. The molecule has 0 saturated heterocycles. The second-order valence-electron chi connectivity index (χ2n) is 4.42. The summed E-state index contributed by atoms with van der Waals surface area (Å²) in [7, 11) is 1.45. The molecule has 1 heterocycles. The first-order valence-corrected chi connectivity index (χ1v) is 7.10. The summed E-state index contributed by atoms with van der Waals surface area (Å²) in [5.74, 6) is -0.399. The summed E-state index contributed by atoms with van der Waals surface area (Å²) in [5, 5.41) is 3.06. The van der Waals surface area contributed by atoms with Crippen LogP contribution in [0.1, 0.15) is 10.5 Å². The molecule has 0 aliphatic heterocycles. The number of H-pyrrole nitrogens is 1. The molecular formula is C14H13Cl2N3O4. The molecule has 0 spiro atoms. The fourth-order valence-electron chi connectivity index (χ4n) is 1.74. The lowest BCUT2D eigenvalue weighted by Gasteiger charge is -2.11. The number of ether oxygens (including phenoxy) is 2. The maximum Gasteiger partial charge on any atom is 0.272 e. The van der Waals surface area contributed by atoms with E-state index >= 15 is 0 Å². The van der Waals surface area contributed by atoms with Gasteiger partial charge in [-0.25, -0.2) is 0 Å². The van der Waals surface area contributed by atoms with E-state index in [9.17, 15) is 9.59 Å². The number of carbonyl (C=O) groups excluding carboxylic acids is 2. The van der Waals surface area contributed by atoms with Crippen LogP contribution in [-0.4, -0.2) is 30.5 Å². The third kappa shape index (κ3) is 4.30. The predicted octanol–water partition coefficient (Wildman–Crippen LogP) is 2.45. The first-order chi connectivity index (χ1) is 10.9. The summed E-state index contributed by atoms with van der Waals surface area (Å²) in [6.45, 7) is -0.310. The Morgan fingerprint density at radius 2 is 2.00 bits per heavy atom. The Balaban J connectivity index is 2.17. The number of hydrogen-bond acceptors (Lipinski definition) is 4. The van der Waals surface area contributed by atoms with Gasteiger partial charge in [-0.2, -0.15) is 0 Å². The number of primary amides is 1. The van der Waals surface area contributed by atoms with E-state index in [0.29, 0.717) is 11.4 Å². The third-order valence-electron chi connectivity index (χ3n) is 2.76. The molecule has 9 heteroatoms. The van der Waals surface area contributed by atoms with Gasteiger partial charge in [-0.15, -0.1) is 0 Å². The summed E-state index contributed by atoms with van der Waals surface area (Å²) < 4.78 is 10.4. The Morgan fingerprint density at radius 1 is 1.26 bits per heavy atom. The van der Waals surface area contributed by atoms with Crippen LogP contribution in [0.4, 0.5) is 5.69 Å². The van der Waals surface area contributed by atoms with Gasteiger partial charge in [0.05, 0.1) is 12.1 Å². The molecule has 0 saturated carbocycles. The van der Waals surface area contributed by atoms with Crippen LogP contribution in [0.15, 0.2) is 24.3 Å². The van der Waals surface area contributed by atoms with E-state index in [1.807, 2.05) is 0 Å². The minimum absolute atomic E-state index is 0.178. The lowest BCUT2D eigenvalue weighted by molar-refractivity contribution is -0.119. The van der Waals surface area contributed by atoms with Crippen molar-refractivity contribution in [2.75, 3.05) is 19.0 Å². The summed E-state index contributed by atoms with van der Waals surface area (Å²) in [5.41, 5.74) is 5.67. The van der Waals surface area contributed by atoms with Crippen molar-refractivity contribution in [1.29, 1.82) is 0 Å². The van der Waals surface area contributed by atoms with Crippen molar-refractivity contribution in [3.8, 4) is 11.5 Å². The monoisotopic (exact) mass is 357 g/mol. The summed E-state index contributed by atoms with van der Waals surface area (Å²) in [6, 6.07) is 6.11. The van der Waals surface area contributed by atoms with Crippen molar-refractivity contribution < 1.29 is 19.1 Å². The topological polar surface area (TPSA) is 106 Å². The molecule has 2 rings (SSSR count). The van der Waals surface area contributed by atoms with Crippen LogP contribution < -0.4 is 20.5 Å². The van der Waals surface area contributed by atoms with Gasteiger partial charge in [0, 0.05) is 11.8 Å². The van der Waals surface area contributed by atoms with Crippen LogP contribution in [0.5, 0.6) is 11.5 Å². The Hall–Kier alpha value is -2.38. The molecule has 1 aromatic heterocycles. The van der Waals surface area contributed by atoms with Gasteiger partial charge < -0.3 is 25.5 Å². The minimum Gasteiger partial charge on any atom is -0.493 e. The molecule has 0 aliphatic carbocycles. The second kappa shape index (κ2) is 7.26. The molecule has 0 radical (unpaired) electrons. The molecule has 0 bridgehead atoms. The average molecular weight is 358 g/mol. The highest BCUT2D eigenvalue weighted by molar-refractivity contribution is 6.41. The second-order valence-corrected chi connectivity index (χ2v) is 5.20. The number of halogens is 2. The smallest absolute Gasteiger partial charge is 0.272 e.